The zero-order valence-corrected chi connectivity index (χ0v) is 15.9. The standard InChI is InChI=1S/C26H21N/c1-26(2)20-14-8-6-12-18(20)22-16-10-4-5-11-17(16)25-23(24(22)26)19-13-7-9-15-21(19)27(25)3/h4-15H,1-3H3. The summed E-state index contributed by atoms with van der Waals surface area (Å²) in [5.74, 6) is 0. The van der Waals surface area contributed by atoms with E-state index in [1.165, 1.54) is 54.8 Å². The zero-order chi connectivity index (χ0) is 18.3. The quantitative estimate of drug-likeness (QED) is 0.290. The second kappa shape index (κ2) is 4.80. The fraction of sp³-hybridized carbons (Fsp3) is 0.154. The number of hydrogen-bond donors (Lipinski definition) is 0. The van der Waals surface area contributed by atoms with E-state index in [2.05, 4.69) is 98.3 Å². The SMILES string of the molecule is Cn1c2ccccc2c2c3c(c4ccccc4c21)-c1ccccc1C3(C)C. The molecule has 1 aromatic heterocycles. The molecule has 0 amide bonds. The molecule has 0 atom stereocenters. The first-order valence-electron chi connectivity index (χ1n) is 9.63. The summed E-state index contributed by atoms with van der Waals surface area (Å²) >= 11 is 0. The van der Waals surface area contributed by atoms with Crippen molar-refractivity contribution in [3.63, 3.8) is 0 Å². The minimum absolute atomic E-state index is 0.0155. The number of hydrogen-bond acceptors (Lipinski definition) is 0. The first-order chi connectivity index (χ1) is 13.1. The smallest absolute Gasteiger partial charge is 0.0571 e. The zero-order valence-electron chi connectivity index (χ0n) is 15.9. The predicted molar refractivity (Wildman–Crippen MR) is 115 cm³/mol. The topological polar surface area (TPSA) is 4.93 Å². The third-order valence-electron chi connectivity index (χ3n) is 6.55. The van der Waals surface area contributed by atoms with E-state index in [0.29, 0.717) is 0 Å². The Labute approximate surface area is 158 Å². The molecule has 6 rings (SSSR count). The summed E-state index contributed by atoms with van der Waals surface area (Å²) in [4.78, 5) is 0. The van der Waals surface area contributed by atoms with Crippen LogP contribution in [-0.4, -0.2) is 4.57 Å². The van der Waals surface area contributed by atoms with Gasteiger partial charge in [0.05, 0.1) is 5.52 Å². The summed E-state index contributed by atoms with van der Waals surface area (Å²) in [6.45, 7) is 4.77. The van der Waals surface area contributed by atoms with Crippen molar-refractivity contribution >= 4 is 32.6 Å². The van der Waals surface area contributed by atoms with Crippen LogP contribution in [0.4, 0.5) is 0 Å². The molecule has 0 saturated heterocycles. The number of rotatable bonds is 0. The first-order valence-corrected chi connectivity index (χ1v) is 9.63. The highest BCUT2D eigenvalue weighted by molar-refractivity contribution is 6.24. The Bertz CT molecular complexity index is 1400. The van der Waals surface area contributed by atoms with E-state index < -0.39 is 0 Å². The molecule has 0 radical (unpaired) electrons. The Kier molecular flexibility index (Phi) is 2.68. The van der Waals surface area contributed by atoms with Gasteiger partial charge in [0.1, 0.15) is 0 Å². The second-order valence-electron chi connectivity index (χ2n) is 8.27. The number of aromatic nitrogens is 1. The van der Waals surface area contributed by atoms with Crippen molar-refractivity contribution in [2.45, 2.75) is 19.3 Å². The van der Waals surface area contributed by atoms with Crippen molar-refractivity contribution in [2.24, 2.45) is 7.05 Å². The van der Waals surface area contributed by atoms with Gasteiger partial charge in [0, 0.05) is 34.1 Å². The van der Waals surface area contributed by atoms with Gasteiger partial charge in [0.2, 0.25) is 0 Å². The minimum atomic E-state index is -0.0155. The van der Waals surface area contributed by atoms with Crippen LogP contribution in [0.3, 0.4) is 0 Å². The third kappa shape index (κ3) is 1.66. The van der Waals surface area contributed by atoms with Crippen molar-refractivity contribution in [1.29, 1.82) is 0 Å². The van der Waals surface area contributed by atoms with Gasteiger partial charge in [-0.25, -0.2) is 0 Å². The summed E-state index contributed by atoms with van der Waals surface area (Å²) < 4.78 is 2.38. The van der Waals surface area contributed by atoms with Crippen molar-refractivity contribution in [2.75, 3.05) is 0 Å². The Hall–Kier alpha value is -3.06. The molecule has 4 aromatic carbocycles. The first kappa shape index (κ1) is 15.0. The molecule has 1 aliphatic rings. The van der Waals surface area contributed by atoms with Crippen LogP contribution >= 0.6 is 0 Å². The van der Waals surface area contributed by atoms with Crippen LogP contribution in [0.1, 0.15) is 25.0 Å². The number of fused-ring (bicyclic) bond motifs is 10. The maximum atomic E-state index is 2.38. The number of nitrogens with zero attached hydrogens (tertiary/aromatic N) is 1. The van der Waals surface area contributed by atoms with Gasteiger partial charge in [-0.3, -0.25) is 0 Å². The van der Waals surface area contributed by atoms with Gasteiger partial charge in [-0.1, -0.05) is 80.6 Å². The molecule has 0 saturated carbocycles. The fourth-order valence-corrected chi connectivity index (χ4v) is 5.41. The maximum absolute atomic E-state index is 2.38. The van der Waals surface area contributed by atoms with Crippen molar-refractivity contribution < 1.29 is 0 Å². The van der Waals surface area contributed by atoms with Gasteiger partial charge < -0.3 is 4.57 Å². The molecule has 0 N–H and O–H groups in total. The van der Waals surface area contributed by atoms with Crippen molar-refractivity contribution in [3.8, 4) is 11.1 Å². The van der Waals surface area contributed by atoms with E-state index in [0.717, 1.165) is 0 Å². The second-order valence-corrected chi connectivity index (χ2v) is 8.27. The lowest BCUT2D eigenvalue weighted by atomic mass is 9.79. The summed E-state index contributed by atoms with van der Waals surface area (Å²) in [6, 6.07) is 26.7. The van der Waals surface area contributed by atoms with E-state index in [-0.39, 0.29) is 5.41 Å². The van der Waals surface area contributed by atoms with E-state index >= 15 is 0 Å². The molecule has 1 heteroatoms. The van der Waals surface area contributed by atoms with Gasteiger partial charge in [0.25, 0.3) is 0 Å². The normalized spacial score (nSPS) is 14.8. The van der Waals surface area contributed by atoms with Crippen molar-refractivity contribution in [1.82, 2.24) is 4.57 Å². The molecular formula is C26H21N. The van der Waals surface area contributed by atoms with Crippen LogP contribution in [0.2, 0.25) is 0 Å². The lowest BCUT2D eigenvalue weighted by molar-refractivity contribution is 0.667. The van der Waals surface area contributed by atoms with Crippen LogP contribution in [0.5, 0.6) is 0 Å². The summed E-state index contributed by atoms with van der Waals surface area (Å²) in [5.41, 5.74) is 8.38. The monoisotopic (exact) mass is 347 g/mol. The average molecular weight is 347 g/mol. The predicted octanol–water partition coefficient (Wildman–Crippen LogP) is 6.79. The van der Waals surface area contributed by atoms with Gasteiger partial charge in [-0.15, -0.1) is 0 Å². The van der Waals surface area contributed by atoms with Gasteiger partial charge in [-0.2, -0.15) is 0 Å². The molecule has 0 unspecified atom stereocenters. The van der Waals surface area contributed by atoms with E-state index in [1.807, 2.05) is 0 Å². The number of para-hydroxylation sites is 1. The Morgan fingerprint density at radius 2 is 1.33 bits per heavy atom. The average Bonchev–Trinajstić information content (AvgIpc) is 3.12. The Morgan fingerprint density at radius 3 is 2.15 bits per heavy atom. The fourth-order valence-electron chi connectivity index (χ4n) is 5.41. The van der Waals surface area contributed by atoms with Crippen LogP contribution in [0.15, 0.2) is 72.8 Å². The van der Waals surface area contributed by atoms with Gasteiger partial charge in [0.15, 0.2) is 0 Å². The highest BCUT2D eigenvalue weighted by Gasteiger charge is 2.39. The molecule has 1 nitrogen and oxygen atoms in total. The minimum Gasteiger partial charge on any atom is -0.343 e. The third-order valence-corrected chi connectivity index (χ3v) is 6.55. The Morgan fingerprint density at radius 1 is 0.704 bits per heavy atom. The molecule has 130 valence electrons. The molecule has 0 fully saturated rings. The molecule has 1 aliphatic carbocycles. The van der Waals surface area contributed by atoms with Gasteiger partial charge in [-0.05, 0) is 33.7 Å². The molecule has 1 heterocycles. The summed E-state index contributed by atoms with van der Waals surface area (Å²) in [7, 11) is 2.21. The lowest BCUT2D eigenvalue weighted by Crippen LogP contribution is -2.15. The molecule has 5 aromatic rings. The van der Waals surface area contributed by atoms with Crippen molar-refractivity contribution in [3.05, 3.63) is 83.9 Å². The molecule has 0 bridgehead atoms. The van der Waals surface area contributed by atoms with E-state index in [9.17, 15) is 0 Å². The van der Waals surface area contributed by atoms with Crippen LogP contribution in [0, 0.1) is 0 Å². The van der Waals surface area contributed by atoms with Crippen LogP contribution in [0.25, 0.3) is 43.7 Å². The highest BCUT2D eigenvalue weighted by Crippen LogP contribution is 2.55. The van der Waals surface area contributed by atoms with E-state index in [4.69, 9.17) is 0 Å². The van der Waals surface area contributed by atoms with E-state index in [1.54, 1.807) is 0 Å². The Balaban J connectivity index is 2.02. The number of benzene rings is 4. The van der Waals surface area contributed by atoms with Crippen LogP contribution < -0.4 is 0 Å². The van der Waals surface area contributed by atoms with Gasteiger partial charge >= 0.3 is 0 Å². The maximum Gasteiger partial charge on any atom is 0.0571 e. The summed E-state index contributed by atoms with van der Waals surface area (Å²) in [6.07, 6.45) is 0. The number of aryl methyl sites for hydroxylation is 1. The van der Waals surface area contributed by atoms with Crippen LogP contribution in [-0.2, 0) is 12.5 Å². The molecule has 0 aliphatic heterocycles. The lowest BCUT2D eigenvalue weighted by Gasteiger charge is -2.23. The highest BCUT2D eigenvalue weighted by atomic mass is 14.9. The summed E-state index contributed by atoms with van der Waals surface area (Å²) in [5, 5.41) is 5.49. The molecule has 0 spiro atoms. The largest absolute Gasteiger partial charge is 0.343 e. The molecule has 27 heavy (non-hydrogen) atoms. The molecular weight excluding hydrogens is 326 g/mol.